The number of nitrogens with zero attached hydrogens (tertiary/aromatic N) is 3. The predicted molar refractivity (Wildman–Crippen MR) is 109 cm³/mol. The second-order valence-electron chi connectivity index (χ2n) is 6.34. The molecule has 0 aliphatic heterocycles. The molecule has 0 spiro atoms. The Balaban J connectivity index is 1.32. The van der Waals surface area contributed by atoms with Crippen molar-refractivity contribution >= 4 is 23.8 Å². The van der Waals surface area contributed by atoms with Crippen LogP contribution in [0.25, 0.3) is 12.2 Å². The lowest BCUT2D eigenvalue weighted by molar-refractivity contribution is 0.301. The third-order valence-electron chi connectivity index (χ3n) is 4.17. The second-order valence-corrected chi connectivity index (χ2v) is 6.78. The highest BCUT2D eigenvalue weighted by Gasteiger charge is 2.04. The number of rotatable bonds is 7. The molecule has 0 radical (unpaired) electrons. The van der Waals surface area contributed by atoms with Gasteiger partial charge in [0, 0.05) is 35.6 Å². The summed E-state index contributed by atoms with van der Waals surface area (Å²) < 4.78 is 26.9. The molecule has 5 nitrogen and oxygen atoms in total. The van der Waals surface area contributed by atoms with E-state index >= 15 is 0 Å². The maximum Gasteiger partial charge on any atom is 0.218 e. The largest absolute Gasteiger partial charge is 0.487 e. The molecule has 4 aromatic rings. The van der Waals surface area contributed by atoms with Crippen LogP contribution >= 0.6 is 11.6 Å². The molecule has 146 valence electrons. The van der Waals surface area contributed by atoms with Gasteiger partial charge in [0.2, 0.25) is 5.89 Å². The van der Waals surface area contributed by atoms with E-state index in [1.807, 2.05) is 35.0 Å². The molecule has 0 aliphatic rings. The Morgan fingerprint density at radius 3 is 2.76 bits per heavy atom. The molecule has 0 aliphatic carbocycles. The SMILES string of the molecule is Fc1cc(Cl)ccc1C=Cc1nc(COc2ccc(Cn3ccnc3)cc2)co1. The molecule has 0 saturated heterocycles. The molecule has 0 amide bonds. The van der Waals surface area contributed by atoms with E-state index in [9.17, 15) is 4.39 Å². The first-order chi connectivity index (χ1) is 14.2. The monoisotopic (exact) mass is 409 g/mol. The van der Waals surface area contributed by atoms with Crippen molar-refractivity contribution in [1.82, 2.24) is 14.5 Å². The zero-order valence-electron chi connectivity index (χ0n) is 15.3. The highest BCUT2D eigenvalue weighted by atomic mass is 35.5. The number of hydrogen-bond donors (Lipinski definition) is 0. The number of aromatic nitrogens is 3. The highest BCUT2D eigenvalue weighted by Crippen LogP contribution is 2.18. The van der Waals surface area contributed by atoms with Crippen molar-refractivity contribution in [2.45, 2.75) is 13.2 Å². The van der Waals surface area contributed by atoms with Gasteiger partial charge in [-0.15, -0.1) is 0 Å². The molecule has 7 heteroatoms. The summed E-state index contributed by atoms with van der Waals surface area (Å²) in [5, 5.41) is 0.352. The fourth-order valence-electron chi connectivity index (χ4n) is 2.70. The first-order valence-corrected chi connectivity index (χ1v) is 9.28. The minimum atomic E-state index is -0.402. The van der Waals surface area contributed by atoms with Gasteiger partial charge < -0.3 is 13.7 Å². The third-order valence-corrected chi connectivity index (χ3v) is 4.41. The average Bonchev–Trinajstić information content (AvgIpc) is 3.39. The van der Waals surface area contributed by atoms with Gasteiger partial charge in [0.05, 0.1) is 6.33 Å². The number of halogens is 2. The zero-order valence-corrected chi connectivity index (χ0v) is 16.1. The van der Waals surface area contributed by atoms with Crippen molar-refractivity contribution in [2.75, 3.05) is 0 Å². The van der Waals surface area contributed by atoms with Crippen molar-refractivity contribution in [2.24, 2.45) is 0 Å². The topological polar surface area (TPSA) is 53.1 Å². The normalized spacial score (nSPS) is 11.2. The average molecular weight is 410 g/mol. The van der Waals surface area contributed by atoms with Crippen molar-refractivity contribution in [1.29, 1.82) is 0 Å². The van der Waals surface area contributed by atoms with Crippen LogP contribution < -0.4 is 4.74 Å². The molecule has 0 bridgehead atoms. The van der Waals surface area contributed by atoms with Crippen LogP contribution in [0.15, 0.2) is 71.9 Å². The van der Waals surface area contributed by atoms with Crippen LogP contribution in [0.3, 0.4) is 0 Å². The summed E-state index contributed by atoms with van der Waals surface area (Å²) in [4.78, 5) is 8.35. The highest BCUT2D eigenvalue weighted by molar-refractivity contribution is 6.30. The molecule has 0 atom stereocenters. The van der Waals surface area contributed by atoms with E-state index in [2.05, 4.69) is 9.97 Å². The fourth-order valence-corrected chi connectivity index (χ4v) is 2.86. The van der Waals surface area contributed by atoms with Gasteiger partial charge >= 0.3 is 0 Å². The molecule has 0 N–H and O–H groups in total. The van der Waals surface area contributed by atoms with E-state index in [-0.39, 0.29) is 6.61 Å². The van der Waals surface area contributed by atoms with Crippen molar-refractivity contribution in [3.05, 3.63) is 101 Å². The minimum absolute atomic E-state index is 0.271. The van der Waals surface area contributed by atoms with Gasteiger partial charge in [-0.2, -0.15) is 0 Å². The van der Waals surface area contributed by atoms with Gasteiger partial charge in [-0.3, -0.25) is 0 Å². The maximum absolute atomic E-state index is 13.8. The number of benzene rings is 2. The van der Waals surface area contributed by atoms with Crippen molar-refractivity contribution < 1.29 is 13.5 Å². The maximum atomic E-state index is 13.8. The van der Waals surface area contributed by atoms with Crippen molar-refractivity contribution in [3.8, 4) is 5.75 Å². The van der Waals surface area contributed by atoms with Crippen LogP contribution in [0.4, 0.5) is 4.39 Å². The van der Waals surface area contributed by atoms with E-state index in [1.54, 1.807) is 36.8 Å². The lowest BCUT2D eigenvalue weighted by atomic mass is 10.2. The molecule has 2 heterocycles. The van der Waals surface area contributed by atoms with Crippen molar-refractivity contribution in [3.63, 3.8) is 0 Å². The summed E-state index contributed by atoms with van der Waals surface area (Å²) in [6.45, 7) is 1.03. The number of hydrogen-bond acceptors (Lipinski definition) is 4. The Morgan fingerprint density at radius 1 is 1.14 bits per heavy atom. The van der Waals surface area contributed by atoms with Gasteiger partial charge in [0.25, 0.3) is 0 Å². The lowest BCUT2D eigenvalue weighted by Gasteiger charge is -2.06. The molecule has 0 saturated carbocycles. The first kappa shape index (κ1) is 19.0. The number of ether oxygens (including phenoxy) is 1. The Bertz CT molecular complexity index is 1110. The Hall–Kier alpha value is -3.38. The van der Waals surface area contributed by atoms with Gasteiger partial charge in [-0.1, -0.05) is 29.8 Å². The Morgan fingerprint density at radius 2 is 2.00 bits per heavy atom. The molecule has 0 fully saturated rings. The standard InChI is InChI=1S/C22H17ClFN3O2/c23-18-5-3-17(21(24)11-18)4-8-22-26-19(14-29-22)13-28-20-6-1-16(2-7-20)12-27-10-9-25-15-27/h1-11,14-15H,12-13H2. The molecule has 2 aromatic heterocycles. The molecular weight excluding hydrogens is 393 g/mol. The van der Waals surface area contributed by atoms with Crippen LogP contribution in [-0.4, -0.2) is 14.5 Å². The van der Waals surface area contributed by atoms with Crippen LogP contribution in [0.5, 0.6) is 5.75 Å². The van der Waals surface area contributed by atoms with Crippen LogP contribution in [0, 0.1) is 5.82 Å². The molecule has 4 rings (SSSR count). The zero-order chi connectivity index (χ0) is 20.1. The van der Waals surface area contributed by atoms with E-state index in [4.69, 9.17) is 20.8 Å². The van der Waals surface area contributed by atoms with E-state index in [0.29, 0.717) is 22.2 Å². The van der Waals surface area contributed by atoms with E-state index in [0.717, 1.165) is 17.9 Å². The quantitative estimate of drug-likeness (QED) is 0.406. The van der Waals surface area contributed by atoms with Crippen LogP contribution in [-0.2, 0) is 13.2 Å². The minimum Gasteiger partial charge on any atom is -0.487 e. The third kappa shape index (κ3) is 5.12. The first-order valence-electron chi connectivity index (χ1n) is 8.91. The van der Waals surface area contributed by atoms with Gasteiger partial charge in [0.1, 0.15) is 30.1 Å². The predicted octanol–water partition coefficient (Wildman–Crippen LogP) is 5.46. The molecule has 0 unspecified atom stereocenters. The van der Waals surface area contributed by atoms with Crippen LogP contribution in [0.2, 0.25) is 5.02 Å². The summed E-state index contributed by atoms with van der Waals surface area (Å²) in [6.07, 6.45) is 10.2. The smallest absolute Gasteiger partial charge is 0.218 e. The summed E-state index contributed by atoms with van der Waals surface area (Å²) in [6, 6.07) is 12.3. The van der Waals surface area contributed by atoms with E-state index < -0.39 is 5.82 Å². The van der Waals surface area contributed by atoms with Crippen LogP contribution in [0.1, 0.15) is 22.7 Å². The molecule has 29 heavy (non-hydrogen) atoms. The summed E-state index contributed by atoms with van der Waals surface area (Å²) in [5.41, 5.74) is 2.20. The Kier molecular flexibility index (Phi) is 5.72. The second kappa shape index (κ2) is 8.75. The summed E-state index contributed by atoms with van der Waals surface area (Å²) in [7, 11) is 0. The number of oxazole rings is 1. The lowest BCUT2D eigenvalue weighted by Crippen LogP contribution is -1.98. The summed E-state index contributed by atoms with van der Waals surface area (Å²) >= 11 is 5.75. The van der Waals surface area contributed by atoms with Gasteiger partial charge in [-0.05, 0) is 35.9 Å². The van der Waals surface area contributed by atoms with E-state index in [1.165, 1.54) is 12.3 Å². The molecular formula is C22H17ClFN3O2. The van der Waals surface area contributed by atoms with Gasteiger partial charge in [0.15, 0.2) is 0 Å². The molecule has 2 aromatic carbocycles. The fraction of sp³-hybridized carbons (Fsp3) is 0.0909. The number of imidazole rings is 1. The summed E-state index contributed by atoms with van der Waals surface area (Å²) in [5.74, 6) is 0.705. The Labute approximate surface area is 172 Å². The van der Waals surface area contributed by atoms with Gasteiger partial charge in [-0.25, -0.2) is 14.4 Å².